The van der Waals surface area contributed by atoms with E-state index in [0.29, 0.717) is 26.1 Å². The molecule has 3 saturated heterocycles. The van der Waals surface area contributed by atoms with E-state index in [1.165, 1.54) is 30.3 Å². The summed E-state index contributed by atoms with van der Waals surface area (Å²) < 4.78 is 50.1. The number of nitrogens with one attached hydrogen (secondary N) is 1. The average Bonchev–Trinajstić information content (AvgIpc) is 3.06. The SMILES string of the molecule is CN(C)S(=O)(=O)CC(=O)NC1CCSC12CN(C(=O)C1CCN(C)S1(=O)=O)C2. The largest absolute Gasteiger partial charge is 0.351 e. The molecule has 0 aromatic heterocycles. The van der Waals surface area contributed by atoms with Gasteiger partial charge in [0, 0.05) is 46.8 Å². The van der Waals surface area contributed by atoms with Gasteiger partial charge in [0.15, 0.2) is 5.25 Å². The molecule has 0 bridgehead atoms. The van der Waals surface area contributed by atoms with Crippen molar-refractivity contribution in [2.75, 3.05) is 52.3 Å². The third-order valence-electron chi connectivity index (χ3n) is 5.64. The van der Waals surface area contributed by atoms with Crippen LogP contribution in [-0.4, -0.2) is 110 Å². The number of rotatable bonds is 5. The van der Waals surface area contributed by atoms with Crippen molar-refractivity contribution in [2.45, 2.75) is 28.9 Å². The molecule has 3 heterocycles. The Morgan fingerprint density at radius 1 is 1.25 bits per heavy atom. The van der Waals surface area contributed by atoms with Crippen LogP contribution in [0.2, 0.25) is 0 Å². The highest BCUT2D eigenvalue weighted by Gasteiger charge is 2.56. The van der Waals surface area contributed by atoms with E-state index in [-0.39, 0.29) is 23.1 Å². The molecule has 0 radical (unpaired) electrons. The minimum Gasteiger partial charge on any atom is -0.351 e. The molecule has 3 fully saturated rings. The van der Waals surface area contributed by atoms with Gasteiger partial charge in [-0.15, -0.1) is 11.8 Å². The van der Waals surface area contributed by atoms with Gasteiger partial charge in [-0.25, -0.2) is 25.4 Å². The number of hydrogen-bond donors (Lipinski definition) is 1. The molecule has 13 heteroatoms. The van der Waals surface area contributed by atoms with Crippen LogP contribution in [0.4, 0.5) is 0 Å². The highest BCUT2D eigenvalue weighted by Crippen LogP contribution is 2.46. The van der Waals surface area contributed by atoms with Crippen molar-refractivity contribution in [1.82, 2.24) is 18.8 Å². The number of sulfonamides is 2. The first-order chi connectivity index (χ1) is 12.9. The number of thioether (sulfide) groups is 1. The fraction of sp³-hybridized carbons (Fsp3) is 0.867. The summed E-state index contributed by atoms with van der Waals surface area (Å²) in [6.45, 7) is 1.06. The van der Waals surface area contributed by atoms with Crippen LogP contribution in [0.15, 0.2) is 0 Å². The van der Waals surface area contributed by atoms with Crippen LogP contribution in [0.5, 0.6) is 0 Å². The molecule has 2 atom stereocenters. The number of amides is 2. The summed E-state index contributed by atoms with van der Waals surface area (Å²) in [6, 6.07) is -0.241. The topological polar surface area (TPSA) is 124 Å². The molecule has 3 rings (SSSR count). The maximum absolute atomic E-state index is 12.7. The van der Waals surface area contributed by atoms with Crippen LogP contribution in [0, 0.1) is 0 Å². The Hall–Kier alpha value is -0.890. The third-order valence-corrected chi connectivity index (χ3v) is 11.1. The number of likely N-dealkylation sites (tertiary alicyclic amines) is 1. The monoisotopic (exact) mass is 454 g/mol. The molecule has 3 aliphatic rings. The van der Waals surface area contributed by atoms with E-state index in [1.807, 2.05) is 0 Å². The Kier molecular flexibility index (Phi) is 5.78. The molecule has 0 aromatic rings. The van der Waals surface area contributed by atoms with Gasteiger partial charge in [0.1, 0.15) is 5.75 Å². The lowest BCUT2D eigenvalue weighted by molar-refractivity contribution is -0.136. The van der Waals surface area contributed by atoms with E-state index < -0.39 is 37.0 Å². The summed E-state index contributed by atoms with van der Waals surface area (Å²) in [5.74, 6) is -0.780. The Balaban J connectivity index is 1.61. The summed E-state index contributed by atoms with van der Waals surface area (Å²) in [5.41, 5.74) is 0. The van der Waals surface area contributed by atoms with Crippen LogP contribution in [0.3, 0.4) is 0 Å². The fourth-order valence-electron chi connectivity index (χ4n) is 3.79. The normalized spacial score (nSPS) is 29.2. The minimum atomic E-state index is -3.64. The van der Waals surface area contributed by atoms with Crippen molar-refractivity contribution >= 4 is 43.6 Å². The van der Waals surface area contributed by atoms with E-state index >= 15 is 0 Å². The first-order valence-electron chi connectivity index (χ1n) is 8.96. The van der Waals surface area contributed by atoms with Crippen LogP contribution >= 0.6 is 11.8 Å². The van der Waals surface area contributed by atoms with Crippen LogP contribution in [-0.2, 0) is 29.6 Å². The lowest BCUT2D eigenvalue weighted by atomic mass is 9.88. The van der Waals surface area contributed by atoms with Gasteiger partial charge in [0.2, 0.25) is 31.9 Å². The van der Waals surface area contributed by atoms with Crippen molar-refractivity contribution in [1.29, 1.82) is 0 Å². The predicted molar refractivity (Wildman–Crippen MR) is 106 cm³/mol. The van der Waals surface area contributed by atoms with Crippen molar-refractivity contribution < 1.29 is 26.4 Å². The van der Waals surface area contributed by atoms with Crippen LogP contribution in [0.25, 0.3) is 0 Å². The average molecular weight is 455 g/mol. The van der Waals surface area contributed by atoms with Crippen LogP contribution in [0.1, 0.15) is 12.8 Å². The first-order valence-corrected chi connectivity index (χ1v) is 13.1. The molecule has 0 aliphatic carbocycles. The van der Waals surface area contributed by atoms with Gasteiger partial charge in [-0.1, -0.05) is 0 Å². The quantitative estimate of drug-likeness (QED) is 0.515. The second-order valence-corrected chi connectivity index (χ2v) is 13.6. The molecule has 0 aromatic carbocycles. The lowest BCUT2D eigenvalue weighted by Gasteiger charge is -2.51. The molecule has 0 saturated carbocycles. The fourth-order valence-corrected chi connectivity index (χ4v) is 7.70. The van der Waals surface area contributed by atoms with E-state index in [9.17, 15) is 26.4 Å². The molecule has 160 valence electrons. The molecular weight excluding hydrogens is 428 g/mol. The second-order valence-electron chi connectivity index (χ2n) is 7.70. The summed E-state index contributed by atoms with van der Waals surface area (Å²) >= 11 is 1.64. The highest BCUT2D eigenvalue weighted by atomic mass is 32.2. The van der Waals surface area contributed by atoms with E-state index in [2.05, 4.69) is 5.32 Å². The van der Waals surface area contributed by atoms with Crippen molar-refractivity contribution in [3.05, 3.63) is 0 Å². The minimum absolute atomic E-state index is 0.241. The highest BCUT2D eigenvalue weighted by molar-refractivity contribution is 8.01. The summed E-state index contributed by atoms with van der Waals surface area (Å²) in [7, 11) is -3.01. The van der Waals surface area contributed by atoms with E-state index in [4.69, 9.17) is 0 Å². The van der Waals surface area contributed by atoms with Crippen molar-refractivity contribution in [3.8, 4) is 0 Å². The number of hydrogen-bond acceptors (Lipinski definition) is 7. The molecule has 28 heavy (non-hydrogen) atoms. The maximum Gasteiger partial charge on any atom is 0.242 e. The number of nitrogens with zero attached hydrogens (tertiary/aromatic N) is 3. The zero-order valence-corrected chi connectivity index (χ0v) is 18.6. The summed E-state index contributed by atoms with van der Waals surface area (Å²) in [5, 5.41) is 1.78. The Bertz CT molecular complexity index is 866. The van der Waals surface area contributed by atoms with Crippen molar-refractivity contribution in [3.63, 3.8) is 0 Å². The van der Waals surface area contributed by atoms with Gasteiger partial charge >= 0.3 is 0 Å². The number of carbonyl (C=O) groups excluding carboxylic acids is 2. The molecule has 2 unspecified atom stereocenters. The van der Waals surface area contributed by atoms with Gasteiger partial charge < -0.3 is 10.2 Å². The van der Waals surface area contributed by atoms with Gasteiger partial charge in [0.25, 0.3) is 0 Å². The van der Waals surface area contributed by atoms with Gasteiger partial charge in [-0.2, -0.15) is 0 Å². The molecular formula is C15H26N4O6S3. The van der Waals surface area contributed by atoms with Crippen molar-refractivity contribution in [2.24, 2.45) is 0 Å². The van der Waals surface area contributed by atoms with Gasteiger partial charge in [-0.05, 0) is 18.6 Å². The Morgan fingerprint density at radius 2 is 1.89 bits per heavy atom. The van der Waals surface area contributed by atoms with E-state index in [1.54, 1.807) is 11.8 Å². The molecule has 10 nitrogen and oxygen atoms in total. The second kappa shape index (κ2) is 7.42. The zero-order valence-electron chi connectivity index (χ0n) is 16.1. The predicted octanol–water partition coefficient (Wildman–Crippen LogP) is -1.89. The standard InChI is InChI=1S/C15H26N4O6S3/c1-17(2)27(22,23)8-13(20)16-12-5-7-26-15(12)9-19(10-15)14(21)11-4-6-18(3)28(11,24)25/h11-12H,4-10H2,1-3H3,(H,16,20). The lowest BCUT2D eigenvalue weighted by Crippen LogP contribution is -2.69. The molecule has 1 N–H and O–H groups in total. The van der Waals surface area contributed by atoms with E-state index in [0.717, 1.165) is 10.1 Å². The van der Waals surface area contributed by atoms with Crippen LogP contribution < -0.4 is 5.32 Å². The Labute approximate surface area is 170 Å². The molecule has 2 amide bonds. The zero-order chi connectivity index (χ0) is 20.9. The van der Waals surface area contributed by atoms with Gasteiger partial charge in [0.05, 0.1) is 4.75 Å². The number of carbonyl (C=O) groups is 2. The summed E-state index contributed by atoms with van der Waals surface area (Å²) in [4.78, 5) is 26.4. The summed E-state index contributed by atoms with van der Waals surface area (Å²) in [6.07, 6.45) is 0.974. The van der Waals surface area contributed by atoms with Gasteiger partial charge in [-0.3, -0.25) is 9.59 Å². The Morgan fingerprint density at radius 3 is 2.43 bits per heavy atom. The maximum atomic E-state index is 12.7. The molecule has 1 spiro atoms. The molecule has 3 aliphatic heterocycles. The smallest absolute Gasteiger partial charge is 0.242 e. The third kappa shape index (κ3) is 3.78. The first kappa shape index (κ1) is 21.8.